The first kappa shape index (κ1) is 13.5. The lowest BCUT2D eigenvalue weighted by Crippen LogP contribution is -2.48. The molecule has 0 aromatic rings. The molecule has 16 heavy (non-hydrogen) atoms. The fraction of sp³-hybridized carbons (Fsp3) is 0.917. The van der Waals surface area contributed by atoms with E-state index in [0.717, 1.165) is 25.9 Å². The van der Waals surface area contributed by atoms with E-state index in [4.69, 9.17) is 10.5 Å². The van der Waals surface area contributed by atoms with Gasteiger partial charge in [0.25, 0.3) is 0 Å². The predicted octanol–water partition coefficient (Wildman–Crippen LogP) is 1.04. The minimum absolute atomic E-state index is 0.0206. The first-order chi connectivity index (χ1) is 7.49. The third kappa shape index (κ3) is 4.49. The van der Waals surface area contributed by atoms with Crippen molar-refractivity contribution in [2.75, 3.05) is 6.61 Å². The number of hydrogen-bond donors (Lipinski definition) is 2. The molecule has 4 heteroatoms. The number of carbonyl (C=O) groups is 1. The molecule has 1 aliphatic heterocycles. The van der Waals surface area contributed by atoms with Crippen LogP contribution in [0.3, 0.4) is 0 Å². The molecule has 1 saturated heterocycles. The van der Waals surface area contributed by atoms with Crippen LogP contribution in [-0.2, 0) is 9.53 Å². The summed E-state index contributed by atoms with van der Waals surface area (Å²) in [5, 5.41) is 3.01. The maximum atomic E-state index is 11.8. The van der Waals surface area contributed by atoms with E-state index in [1.165, 1.54) is 0 Å². The Labute approximate surface area is 97.9 Å². The summed E-state index contributed by atoms with van der Waals surface area (Å²) in [6.07, 6.45) is 2.76. The second-order valence-corrected chi connectivity index (χ2v) is 5.15. The van der Waals surface area contributed by atoms with Gasteiger partial charge in [0.05, 0.1) is 12.1 Å². The molecule has 1 rings (SSSR count). The Kier molecular flexibility index (Phi) is 5.22. The maximum Gasteiger partial charge on any atom is 0.237 e. The van der Waals surface area contributed by atoms with E-state index in [1.807, 2.05) is 6.92 Å². The second-order valence-electron chi connectivity index (χ2n) is 5.15. The first-order valence-corrected chi connectivity index (χ1v) is 6.16. The zero-order chi connectivity index (χ0) is 12.1. The number of nitrogens with two attached hydrogens (primary N) is 1. The number of ether oxygens (including phenoxy) is 1. The lowest BCUT2D eigenvalue weighted by atomic mass is 10.0. The molecule has 4 nitrogen and oxygen atoms in total. The molecular formula is C12H24N2O2. The smallest absolute Gasteiger partial charge is 0.237 e. The highest BCUT2D eigenvalue weighted by atomic mass is 16.5. The van der Waals surface area contributed by atoms with E-state index < -0.39 is 0 Å². The highest BCUT2D eigenvalue weighted by Crippen LogP contribution is 2.13. The minimum Gasteiger partial charge on any atom is -0.378 e. The Hall–Kier alpha value is -0.610. The summed E-state index contributed by atoms with van der Waals surface area (Å²) in [5.74, 6) is 0.433. The lowest BCUT2D eigenvalue weighted by molar-refractivity contribution is -0.124. The van der Waals surface area contributed by atoms with E-state index in [1.54, 1.807) is 0 Å². The quantitative estimate of drug-likeness (QED) is 0.755. The van der Waals surface area contributed by atoms with Gasteiger partial charge < -0.3 is 15.8 Å². The van der Waals surface area contributed by atoms with Crippen LogP contribution in [0.25, 0.3) is 0 Å². The lowest BCUT2D eigenvalue weighted by Gasteiger charge is -2.29. The van der Waals surface area contributed by atoms with Crippen molar-refractivity contribution in [2.24, 2.45) is 11.7 Å². The van der Waals surface area contributed by atoms with Crippen molar-refractivity contribution in [3.05, 3.63) is 0 Å². The number of amides is 1. The molecule has 1 amide bonds. The van der Waals surface area contributed by atoms with Crippen molar-refractivity contribution in [2.45, 2.75) is 58.2 Å². The monoisotopic (exact) mass is 228 g/mol. The van der Waals surface area contributed by atoms with Gasteiger partial charge in [-0.1, -0.05) is 13.8 Å². The molecule has 0 aromatic carbocycles. The van der Waals surface area contributed by atoms with Crippen LogP contribution in [0.2, 0.25) is 0 Å². The van der Waals surface area contributed by atoms with Crippen molar-refractivity contribution >= 4 is 5.91 Å². The topological polar surface area (TPSA) is 64.4 Å². The standard InChI is InChI=1S/C12H24N2O2/c1-8(2)6-11(13)12(15)14-10-4-5-16-9(3)7-10/h8-11H,4-7,13H2,1-3H3,(H,14,15)/t9?,10?,11-/m0/s1. The Morgan fingerprint density at radius 1 is 1.56 bits per heavy atom. The predicted molar refractivity (Wildman–Crippen MR) is 64.0 cm³/mol. The number of rotatable bonds is 4. The molecule has 1 fully saturated rings. The molecule has 3 atom stereocenters. The fourth-order valence-corrected chi connectivity index (χ4v) is 2.05. The molecule has 0 aromatic heterocycles. The average Bonchev–Trinajstić information content (AvgIpc) is 2.16. The third-order valence-corrected chi connectivity index (χ3v) is 2.89. The van der Waals surface area contributed by atoms with Gasteiger partial charge in [0.15, 0.2) is 0 Å². The van der Waals surface area contributed by atoms with Gasteiger partial charge in [-0.05, 0) is 32.1 Å². The Morgan fingerprint density at radius 2 is 2.25 bits per heavy atom. The summed E-state index contributed by atoms with van der Waals surface area (Å²) in [6.45, 7) is 6.91. The van der Waals surface area contributed by atoms with Crippen LogP contribution in [0.5, 0.6) is 0 Å². The van der Waals surface area contributed by atoms with Gasteiger partial charge in [-0.2, -0.15) is 0 Å². The van der Waals surface area contributed by atoms with Crippen molar-refractivity contribution in [1.29, 1.82) is 0 Å². The third-order valence-electron chi connectivity index (χ3n) is 2.89. The van der Waals surface area contributed by atoms with Crippen LogP contribution in [0.4, 0.5) is 0 Å². The van der Waals surface area contributed by atoms with Crippen LogP contribution in [0.15, 0.2) is 0 Å². The number of hydrogen-bond acceptors (Lipinski definition) is 3. The summed E-state index contributed by atoms with van der Waals surface area (Å²) in [4.78, 5) is 11.8. The molecule has 0 saturated carbocycles. The summed E-state index contributed by atoms with van der Waals surface area (Å²) in [6, 6.07) is -0.146. The van der Waals surface area contributed by atoms with Crippen molar-refractivity contribution in [1.82, 2.24) is 5.32 Å². The van der Waals surface area contributed by atoms with Crippen LogP contribution < -0.4 is 11.1 Å². The number of nitrogens with one attached hydrogen (secondary N) is 1. The minimum atomic E-state index is -0.377. The van der Waals surface area contributed by atoms with Crippen LogP contribution >= 0.6 is 0 Å². The van der Waals surface area contributed by atoms with Crippen molar-refractivity contribution < 1.29 is 9.53 Å². The maximum absolute atomic E-state index is 11.8. The van der Waals surface area contributed by atoms with Crippen molar-refractivity contribution in [3.8, 4) is 0 Å². The molecule has 2 unspecified atom stereocenters. The SMILES string of the molecule is CC(C)C[C@H](N)C(=O)NC1CCOC(C)C1. The molecule has 3 N–H and O–H groups in total. The molecule has 1 heterocycles. The molecular weight excluding hydrogens is 204 g/mol. The fourth-order valence-electron chi connectivity index (χ4n) is 2.05. The van der Waals surface area contributed by atoms with E-state index in [2.05, 4.69) is 19.2 Å². The first-order valence-electron chi connectivity index (χ1n) is 6.16. The van der Waals surface area contributed by atoms with Gasteiger partial charge >= 0.3 is 0 Å². The average molecular weight is 228 g/mol. The van der Waals surface area contributed by atoms with Gasteiger partial charge in [0.2, 0.25) is 5.91 Å². The molecule has 0 spiro atoms. The molecule has 0 radical (unpaired) electrons. The molecule has 0 aliphatic carbocycles. The molecule has 0 bridgehead atoms. The van der Waals surface area contributed by atoms with Crippen LogP contribution in [-0.4, -0.2) is 30.7 Å². The van der Waals surface area contributed by atoms with Gasteiger partial charge in [-0.25, -0.2) is 0 Å². The summed E-state index contributed by atoms with van der Waals surface area (Å²) >= 11 is 0. The van der Waals surface area contributed by atoms with Crippen molar-refractivity contribution in [3.63, 3.8) is 0 Å². The summed E-state index contributed by atoms with van der Waals surface area (Å²) < 4.78 is 5.43. The summed E-state index contributed by atoms with van der Waals surface area (Å²) in [7, 11) is 0. The Morgan fingerprint density at radius 3 is 2.81 bits per heavy atom. The van der Waals surface area contributed by atoms with Gasteiger partial charge in [0.1, 0.15) is 0 Å². The number of carbonyl (C=O) groups excluding carboxylic acids is 1. The largest absolute Gasteiger partial charge is 0.378 e. The molecule has 1 aliphatic rings. The van der Waals surface area contributed by atoms with Gasteiger partial charge in [-0.15, -0.1) is 0 Å². The zero-order valence-corrected chi connectivity index (χ0v) is 10.5. The van der Waals surface area contributed by atoms with Gasteiger partial charge in [-0.3, -0.25) is 4.79 Å². The highest BCUT2D eigenvalue weighted by molar-refractivity contribution is 5.81. The van der Waals surface area contributed by atoms with E-state index in [0.29, 0.717) is 5.92 Å². The van der Waals surface area contributed by atoms with Crippen LogP contribution in [0.1, 0.15) is 40.0 Å². The normalized spacial score (nSPS) is 27.8. The Bertz CT molecular complexity index is 231. The zero-order valence-electron chi connectivity index (χ0n) is 10.5. The van der Waals surface area contributed by atoms with E-state index in [9.17, 15) is 4.79 Å². The van der Waals surface area contributed by atoms with Crippen LogP contribution in [0, 0.1) is 5.92 Å². The second kappa shape index (κ2) is 6.21. The highest BCUT2D eigenvalue weighted by Gasteiger charge is 2.23. The van der Waals surface area contributed by atoms with E-state index in [-0.39, 0.29) is 24.1 Å². The van der Waals surface area contributed by atoms with E-state index >= 15 is 0 Å². The molecule has 94 valence electrons. The Balaban J connectivity index is 2.32. The summed E-state index contributed by atoms with van der Waals surface area (Å²) in [5.41, 5.74) is 5.83. The van der Waals surface area contributed by atoms with Gasteiger partial charge in [0, 0.05) is 12.6 Å².